The molecule has 2 aromatic carbocycles. The van der Waals surface area contributed by atoms with Crippen molar-refractivity contribution in [2.45, 2.75) is 12.5 Å². The molecule has 2 aromatic rings. The van der Waals surface area contributed by atoms with E-state index in [0.29, 0.717) is 16.1 Å². The van der Waals surface area contributed by atoms with Crippen molar-refractivity contribution in [2.75, 3.05) is 5.32 Å². The summed E-state index contributed by atoms with van der Waals surface area (Å²) in [5.74, 6) is -1.33. The summed E-state index contributed by atoms with van der Waals surface area (Å²) in [7, 11) is 0. The number of hydrogen-bond acceptors (Lipinski definition) is 5. The summed E-state index contributed by atoms with van der Waals surface area (Å²) in [6, 6.07) is 8.51. The van der Waals surface area contributed by atoms with Gasteiger partial charge in [0.25, 0.3) is 11.6 Å². The fourth-order valence-corrected chi connectivity index (χ4v) is 2.85. The minimum absolute atomic E-state index is 0.0349. The highest BCUT2D eigenvalue weighted by Crippen LogP contribution is 2.29. The molecule has 1 aliphatic rings. The molecule has 25 heavy (non-hydrogen) atoms. The standard InChI is InChI=1S/C16H10Cl2N2O5/c17-9-1-3-11-8(5-9)6-14(25-16(11)22)15(21)19-12-4-2-10(18)7-13(12)20(23)24/h1-5,7,14H,6H2,(H,19,21). The minimum atomic E-state index is -1.12. The van der Waals surface area contributed by atoms with Crippen molar-refractivity contribution in [3.8, 4) is 0 Å². The molecular formula is C16H10Cl2N2O5. The molecular weight excluding hydrogens is 371 g/mol. The number of benzene rings is 2. The molecule has 0 aliphatic carbocycles. The van der Waals surface area contributed by atoms with Gasteiger partial charge >= 0.3 is 5.97 Å². The highest BCUT2D eigenvalue weighted by Gasteiger charge is 2.32. The Balaban J connectivity index is 1.83. The summed E-state index contributed by atoms with van der Waals surface area (Å²) < 4.78 is 5.12. The lowest BCUT2D eigenvalue weighted by Gasteiger charge is -2.24. The highest BCUT2D eigenvalue weighted by atomic mass is 35.5. The summed E-state index contributed by atoms with van der Waals surface area (Å²) in [6.45, 7) is 0. The molecule has 9 heteroatoms. The van der Waals surface area contributed by atoms with E-state index in [9.17, 15) is 19.7 Å². The van der Waals surface area contributed by atoms with Gasteiger partial charge in [-0.1, -0.05) is 23.2 Å². The molecule has 3 rings (SSSR count). The van der Waals surface area contributed by atoms with Crippen LogP contribution in [0.2, 0.25) is 10.0 Å². The number of rotatable bonds is 3. The Kier molecular flexibility index (Phi) is 4.61. The third-order valence-corrected chi connectivity index (χ3v) is 4.12. The number of hydrogen-bond donors (Lipinski definition) is 1. The normalized spacial score (nSPS) is 15.9. The molecule has 1 heterocycles. The predicted molar refractivity (Wildman–Crippen MR) is 91.1 cm³/mol. The van der Waals surface area contributed by atoms with Crippen LogP contribution in [0.1, 0.15) is 15.9 Å². The maximum Gasteiger partial charge on any atom is 0.339 e. The van der Waals surface area contributed by atoms with Crippen molar-refractivity contribution in [1.82, 2.24) is 0 Å². The molecule has 1 atom stereocenters. The van der Waals surface area contributed by atoms with Gasteiger partial charge < -0.3 is 10.1 Å². The van der Waals surface area contributed by atoms with Gasteiger partial charge in [0, 0.05) is 22.5 Å². The summed E-state index contributed by atoms with van der Waals surface area (Å²) in [5.41, 5.74) is 0.527. The van der Waals surface area contributed by atoms with E-state index >= 15 is 0 Å². The van der Waals surface area contributed by atoms with Gasteiger partial charge in [0.1, 0.15) is 5.69 Å². The van der Waals surface area contributed by atoms with E-state index in [1.54, 1.807) is 12.1 Å². The molecule has 0 bridgehead atoms. The highest BCUT2D eigenvalue weighted by molar-refractivity contribution is 6.31. The molecule has 0 fully saturated rings. The predicted octanol–water partition coefficient (Wildman–Crippen LogP) is 3.62. The number of fused-ring (bicyclic) bond motifs is 1. The third kappa shape index (κ3) is 3.57. The number of cyclic esters (lactones) is 1. The average Bonchev–Trinajstić information content (AvgIpc) is 2.55. The van der Waals surface area contributed by atoms with Crippen molar-refractivity contribution >= 4 is 46.5 Å². The number of nitrogens with one attached hydrogen (secondary N) is 1. The maximum absolute atomic E-state index is 12.4. The van der Waals surface area contributed by atoms with Gasteiger partial charge in [0.05, 0.1) is 10.5 Å². The molecule has 7 nitrogen and oxygen atoms in total. The summed E-state index contributed by atoms with van der Waals surface area (Å²) in [6.07, 6.45) is -0.997. The molecule has 1 unspecified atom stereocenters. The van der Waals surface area contributed by atoms with Crippen molar-refractivity contribution in [1.29, 1.82) is 0 Å². The molecule has 0 radical (unpaired) electrons. The number of nitrogens with zero attached hydrogens (tertiary/aromatic N) is 1. The zero-order chi connectivity index (χ0) is 18.1. The van der Waals surface area contributed by atoms with E-state index in [4.69, 9.17) is 27.9 Å². The lowest BCUT2D eigenvalue weighted by molar-refractivity contribution is -0.383. The maximum atomic E-state index is 12.4. The summed E-state index contributed by atoms with van der Waals surface area (Å²) >= 11 is 11.6. The Bertz CT molecular complexity index is 900. The van der Waals surface area contributed by atoms with Crippen molar-refractivity contribution < 1.29 is 19.2 Å². The second-order valence-corrected chi connectivity index (χ2v) is 6.18. The van der Waals surface area contributed by atoms with Gasteiger partial charge in [-0.15, -0.1) is 0 Å². The number of carbonyl (C=O) groups excluding carboxylic acids is 2. The molecule has 1 aliphatic heterocycles. The third-order valence-electron chi connectivity index (χ3n) is 3.65. The van der Waals surface area contributed by atoms with E-state index in [1.807, 2.05) is 0 Å². The molecule has 0 spiro atoms. The van der Waals surface area contributed by atoms with Gasteiger partial charge in [0.15, 0.2) is 6.10 Å². The molecule has 128 valence electrons. The van der Waals surface area contributed by atoms with Crippen LogP contribution in [-0.4, -0.2) is 22.9 Å². The van der Waals surface area contributed by atoms with Crippen LogP contribution in [0.3, 0.4) is 0 Å². The number of nitro benzene ring substituents is 1. The summed E-state index contributed by atoms with van der Waals surface area (Å²) in [4.78, 5) is 34.8. The van der Waals surface area contributed by atoms with Gasteiger partial charge in [-0.3, -0.25) is 14.9 Å². The fraction of sp³-hybridized carbons (Fsp3) is 0.125. The quantitative estimate of drug-likeness (QED) is 0.497. The second kappa shape index (κ2) is 6.70. The van der Waals surface area contributed by atoms with Crippen molar-refractivity contribution in [3.63, 3.8) is 0 Å². The van der Waals surface area contributed by atoms with Gasteiger partial charge in [-0.2, -0.15) is 0 Å². The van der Waals surface area contributed by atoms with Crippen LogP contribution >= 0.6 is 23.2 Å². The van der Waals surface area contributed by atoms with Gasteiger partial charge in [0.2, 0.25) is 0 Å². The number of esters is 1. The van der Waals surface area contributed by atoms with Gasteiger partial charge in [-0.05, 0) is 35.9 Å². The van der Waals surface area contributed by atoms with Crippen LogP contribution in [-0.2, 0) is 16.0 Å². The lowest BCUT2D eigenvalue weighted by Crippen LogP contribution is -2.38. The molecule has 1 N–H and O–H groups in total. The van der Waals surface area contributed by atoms with Crippen LogP contribution in [0.5, 0.6) is 0 Å². The van der Waals surface area contributed by atoms with Crippen LogP contribution in [0.25, 0.3) is 0 Å². The lowest BCUT2D eigenvalue weighted by atomic mass is 9.98. The zero-order valence-electron chi connectivity index (χ0n) is 12.5. The SMILES string of the molecule is O=C1OC(C(=O)Nc2ccc(Cl)cc2[N+](=O)[O-])Cc2cc(Cl)ccc21. The van der Waals surface area contributed by atoms with E-state index < -0.39 is 22.9 Å². The molecule has 0 aromatic heterocycles. The summed E-state index contributed by atoms with van der Waals surface area (Å²) in [5, 5.41) is 14.1. The zero-order valence-corrected chi connectivity index (χ0v) is 14.0. The number of carbonyl (C=O) groups is 2. The van der Waals surface area contributed by atoms with E-state index in [1.165, 1.54) is 18.2 Å². The Morgan fingerprint density at radius 3 is 2.60 bits per heavy atom. The van der Waals surface area contributed by atoms with E-state index in [-0.39, 0.29) is 22.8 Å². The van der Waals surface area contributed by atoms with Crippen LogP contribution in [0.15, 0.2) is 36.4 Å². The minimum Gasteiger partial charge on any atom is -0.448 e. The largest absolute Gasteiger partial charge is 0.448 e. The van der Waals surface area contributed by atoms with E-state index in [2.05, 4.69) is 5.32 Å². The van der Waals surface area contributed by atoms with Crippen LogP contribution < -0.4 is 5.32 Å². The van der Waals surface area contributed by atoms with Crippen LogP contribution in [0, 0.1) is 10.1 Å². The molecule has 0 saturated carbocycles. The number of anilines is 1. The first-order valence-corrected chi connectivity index (χ1v) is 7.85. The smallest absolute Gasteiger partial charge is 0.339 e. The first-order valence-electron chi connectivity index (χ1n) is 7.09. The van der Waals surface area contributed by atoms with Crippen molar-refractivity contribution in [2.24, 2.45) is 0 Å². The second-order valence-electron chi connectivity index (χ2n) is 5.31. The van der Waals surface area contributed by atoms with Crippen LogP contribution in [0.4, 0.5) is 11.4 Å². The average molecular weight is 381 g/mol. The molecule has 0 saturated heterocycles. The monoisotopic (exact) mass is 380 g/mol. The Labute approximate surface area is 151 Å². The first kappa shape index (κ1) is 17.2. The molecule has 1 amide bonds. The Morgan fingerprint density at radius 2 is 1.88 bits per heavy atom. The number of amides is 1. The van der Waals surface area contributed by atoms with Gasteiger partial charge in [-0.25, -0.2) is 4.79 Å². The Hall–Kier alpha value is -2.64. The number of ether oxygens (including phenoxy) is 1. The Morgan fingerprint density at radius 1 is 1.20 bits per heavy atom. The fourth-order valence-electron chi connectivity index (χ4n) is 2.49. The van der Waals surface area contributed by atoms with Crippen molar-refractivity contribution in [3.05, 3.63) is 67.7 Å². The number of nitro groups is 1. The first-order chi connectivity index (χ1) is 11.8. The number of halogens is 2. The topological polar surface area (TPSA) is 98.5 Å². The van der Waals surface area contributed by atoms with E-state index in [0.717, 1.165) is 6.07 Å².